The van der Waals surface area contributed by atoms with Gasteiger partial charge in [-0.3, -0.25) is 25.6 Å². The molecule has 0 aliphatic rings. The summed E-state index contributed by atoms with van der Waals surface area (Å²) in [5.74, 6) is 4.75. The number of carbonyl (C=O) groups excluding carboxylic acids is 4. The number of ether oxygens (including phenoxy) is 6. The Morgan fingerprint density at radius 1 is 0.393 bits per heavy atom. The zero-order valence-corrected chi connectivity index (χ0v) is 77.7. The maximum Gasteiger partial charge on any atom is 0.320 e. The van der Waals surface area contributed by atoms with Gasteiger partial charge in [-0.2, -0.15) is 4.98 Å². The van der Waals surface area contributed by atoms with Crippen LogP contribution in [0.2, 0.25) is 20.1 Å². The molecule has 0 radical (unpaired) electrons. The van der Waals surface area contributed by atoms with Gasteiger partial charge in [0.2, 0.25) is 5.95 Å². The van der Waals surface area contributed by atoms with Gasteiger partial charge in [-0.25, -0.2) is 54.3 Å². The van der Waals surface area contributed by atoms with Crippen molar-refractivity contribution in [2.24, 2.45) is 0 Å². The number of hydrogen-bond acceptors (Lipinski definition) is 22. The average molecular weight is 1760 g/mol. The summed E-state index contributed by atoms with van der Waals surface area (Å²) in [4.78, 5) is 102. The van der Waals surface area contributed by atoms with Gasteiger partial charge in [0.05, 0.1) is 62.7 Å². The van der Waals surface area contributed by atoms with Crippen LogP contribution in [0.3, 0.4) is 0 Å². The second-order valence-corrected chi connectivity index (χ2v) is 33.4. The molecule has 0 atom stereocenters. The minimum absolute atomic E-state index is 0.129. The van der Waals surface area contributed by atoms with E-state index in [-0.39, 0.29) is 55.3 Å². The highest BCUT2D eigenvalue weighted by molar-refractivity contribution is 6.42. The van der Waals surface area contributed by atoms with Crippen LogP contribution in [0, 0.1) is 0 Å². The molecular weight excluding hydrogens is 1640 g/mol. The minimum atomic E-state index is -0.526. The van der Waals surface area contributed by atoms with Crippen molar-refractivity contribution in [3.63, 3.8) is 0 Å². The molecule has 122 heavy (non-hydrogen) atoms. The second kappa shape index (κ2) is 47.0. The van der Waals surface area contributed by atoms with Gasteiger partial charge in [0.25, 0.3) is 5.91 Å². The fourth-order valence-electron chi connectivity index (χ4n) is 13.1. The monoisotopic (exact) mass is 1760 g/mol. The van der Waals surface area contributed by atoms with Gasteiger partial charge in [-0.15, -0.1) is 0 Å². The number of fused-ring (bicyclic) bond motifs is 3. The Labute approximate surface area is 738 Å². The molecule has 6 N–H and O–H groups in total. The number of urea groups is 3. The maximum atomic E-state index is 13.0. The van der Waals surface area contributed by atoms with Crippen molar-refractivity contribution in [3.05, 3.63) is 112 Å². The predicted octanol–water partition coefficient (Wildman–Crippen LogP) is 19.3. The first-order chi connectivity index (χ1) is 58.0. The van der Waals surface area contributed by atoms with Crippen molar-refractivity contribution < 1.29 is 47.6 Å². The first kappa shape index (κ1) is 99.1. The molecule has 0 aliphatic heterocycles. The summed E-state index contributed by atoms with van der Waals surface area (Å²) in [6.07, 6.45) is 16.1. The number of carbonyl (C=O) groups is 4. The number of pyridine rings is 3. The summed E-state index contributed by atoms with van der Waals surface area (Å²) in [6.45, 7) is 43.5. The van der Waals surface area contributed by atoms with Crippen LogP contribution in [0.5, 0.6) is 34.5 Å². The van der Waals surface area contributed by atoms with Crippen LogP contribution >= 0.6 is 46.4 Å². The van der Waals surface area contributed by atoms with E-state index in [0.717, 1.165) is 140 Å². The van der Waals surface area contributed by atoms with Crippen molar-refractivity contribution in [2.75, 3.05) is 129 Å². The molecule has 6 heterocycles. The number of aryl methyl sites for hydroxylation is 2. The lowest BCUT2D eigenvalue weighted by molar-refractivity contribution is -0.114. The van der Waals surface area contributed by atoms with Crippen molar-refractivity contribution in [3.8, 4) is 67.9 Å². The number of amides is 7. The fourth-order valence-corrected chi connectivity index (χ4v) is 14.5. The summed E-state index contributed by atoms with van der Waals surface area (Å²) in [6, 6.07) is 12.9. The van der Waals surface area contributed by atoms with Gasteiger partial charge >= 0.3 is 18.1 Å². The van der Waals surface area contributed by atoms with Crippen LogP contribution < -0.4 is 65.2 Å². The number of benzene rings is 3. The van der Waals surface area contributed by atoms with Crippen molar-refractivity contribution in [1.29, 1.82) is 0 Å². The minimum Gasteiger partial charge on any atom is -0.497 e. The predicted molar refractivity (Wildman–Crippen MR) is 494 cm³/mol. The number of hydrogen-bond donors (Lipinski definition) is 6. The maximum absolute atomic E-state index is 13.0. The van der Waals surface area contributed by atoms with Crippen LogP contribution in [0.4, 0.5) is 37.8 Å². The first-order valence-electron chi connectivity index (χ1n) is 41.4. The first-order valence-corrected chi connectivity index (χ1v) is 42.9. The van der Waals surface area contributed by atoms with E-state index in [0.29, 0.717) is 103 Å². The van der Waals surface area contributed by atoms with E-state index in [1.165, 1.54) is 39.4 Å². The molecule has 9 aromatic rings. The van der Waals surface area contributed by atoms with Gasteiger partial charge in [-0.1, -0.05) is 107 Å². The smallest absolute Gasteiger partial charge is 0.320 e. The highest BCUT2D eigenvalue weighted by Gasteiger charge is 2.29. The average Bonchev–Trinajstić information content (AvgIpc) is 0.767. The topological polar surface area (TPSA) is 325 Å². The van der Waals surface area contributed by atoms with E-state index in [1.807, 2.05) is 86.6 Å². The fraction of sp³-hybridized carbons (Fsp3) is 0.494. The Morgan fingerprint density at radius 3 is 1.04 bits per heavy atom. The van der Waals surface area contributed by atoms with Gasteiger partial charge in [0.1, 0.15) is 63.6 Å². The third-order valence-electron chi connectivity index (χ3n) is 19.5. The Morgan fingerprint density at radius 2 is 0.713 bits per heavy atom. The molecule has 7 amide bonds. The lowest BCUT2D eigenvalue weighted by Gasteiger charge is -2.23. The normalized spacial score (nSPS) is 11.5. The Balaban J connectivity index is 0.000000253. The molecule has 9 rings (SSSR count). The summed E-state index contributed by atoms with van der Waals surface area (Å²) < 4.78 is 32.8. The molecular formula is C89H123Cl4N19O10. The Bertz CT molecular complexity index is 4950. The van der Waals surface area contributed by atoms with Crippen LogP contribution in [-0.4, -0.2) is 208 Å². The molecule has 6 aromatic heterocycles. The molecule has 0 bridgehead atoms. The molecule has 0 unspecified atom stereocenters. The zero-order chi connectivity index (χ0) is 89.8. The number of anilines is 4. The molecule has 33 heteroatoms. The van der Waals surface area contributed by atoms with E-state index < -0.39 is 28.7 Å². The van der Waals surface area contributed by atoms with Crippen molar-refractivity contribution >= 4 is 127 Å². The SMILES string of the molecule is C=CC(=O)N(CCCCN(CC)CC)c1ncc2cc(-c3c(Cl)c(OC)cc(OC)c3Cl)c(NC(=O)NC(C)(C)C)nc2n1.CCN(CC)CCCCCc1ncc2cc(-c3c(Cl)c(OC)cc(OC)c3Cl)c(NC(=O)NC(C)(C)C)nc2n1.CCN(CC)CCCCCc1ncc2cc(-c3cc(OC)cc(OC)c3)c(NC(=O)NC(C)(C)C)nc2n1. The van der Waals surface area contributed by atoms with Crippen molar-refractivity contribution in [1.82, 2.24) is 75.5 Å². The van der Waals surface area contributed by atoms with Crippen LogP contribution in [-0.2, 0) is 17.6 Å². The summed E-state index contributed by atoms with van der Waals surface area (Å²) in [5, 5.41) is 20.2. The number of methoxy groups -OCH3 is 6. The molecule has 0 spiro atoms. The number of nitrogens with zero attached hydrogens (tertiary/aromatic N) is 13. The van der Waals surface area contributed by atoms with Gasteiger partial charge < -0.3 is 59.1 Å². The number of rotatable bonds is 37. The standard InChI is InChI=1S/C31H41Cl2N7O4.C29H40Cl2N6O3.C29H42N6O3/c1-9-23(41)40(15-13-12-14-39(10-2)11-3)29-34-18-19-16-20(24-25(32)21(43-7)17-22(44-8)26(24)33)28(35-27(19)36-29)37-30(42)38-31(4,5)6;1-8-37(9-2)14-12-10-11-13-22-32-17-18-15-19(23-24(30)20(39-6)16-21(40-7)25(23)31)27(34-26(18)33-22)35-28(38)36-29(3,4)5;1-8-35(9-2)14-12-10-11-13-25-30-19-21-17-24(20-15-22(37-6)18-23(16-20)38-7)27(32-26(21)31-25)33-28(36)34-29(3,4)5/h9,16-18H,1,10-15H2,2-8H3,(H2,34,35,36,37,38,42);15-17H,8-14H2,1-7H3,(H2,32,33,34,35,36,38);15-19H,8-14H2,1-7H3,(H2,30,31,32,33,34,36). The number of nitrogens with one attached hydrogen (secondary N) is 6. The largest absolute Gasteiger partial charge is 0.497 e. The summed E-state index contributed by atoms with van der Waals surface area (Å²) >= 11 is 27.0. The van der Waals surface area contributed by atoms with E-state index >= 15 is 0 Å². The Hall–Kier alpha value is -10.0. The number of halogens is 4. The lowest BCUT2D eigenvalue weighted by Crippen LogP contribution is -2.43. The zero-order valence-electron chi connectivity index (χ0n) is 74.7. The lowest BCUT2D eigenvalue weighted by atomic mass is 10.0. The van der Waals surface area contributed by atoms with E-state index in [2.05, 4.69) is 115 Å². The van der Waals surface area contributed by atoms with E-state index in [1.54, 1.807) is 57.1 Å². The van der Waals surface area contributed by atoms with E-state index in [9.17, 15) is 19.2 Å². The molecule has 0 aliphatic carbocycles. The highest BCUT2D eigenvalue weighted by Crippen LogP contribution is 2.50. The second-order valence-electron chi connectivity index (χ2n) is 31.9. The van der Waals surface area contributed by atoms with Gasteiger partial charge in [0.15, 0.2) is 16.9 Å². The Kier molecular flexibility index (Phi) is 38.2. The third-order valence-corrected chi connectivity index (χ3v) is 21.0. The van der Waals surface area contributed by atoms with Crippen LogP contribution in [0.25, 0.3) is 66.5 Å². The molecule has 0 saturated carbocycles. The summed E-state index contributed by atoms with van der Waals surface area (Å²) in [5.41, 5.74) is 2.99. The molecule has 662 valence electrons. The molecule has 3 aromatic carbocycles. The highest BCUT2D eigenvalue weighted by atomic mass is 35.5. The van der Waals surface area contributed by atoms with Gasteiger partial charge in [-0.05, 0) is 202 Å². The number of aromatic nitrogens is 9. The van der Waals surface area contributed by atoms with Crippen molar-refractivity contribution in [2.45, 2.75) is 185 Å². The molecule has 0 fully saturated rings. The quantitative estimate of drug-likeness (QED) is 0.0156. The molecule has 0 saturated heterocycles. The third kappa shape index (κ3) is 28.8. The summed E-state index contributed by atoms with van der Waals surface area (Å²) in [7, 11) is 9.17. The van der Waals surface area contributed by atoms with E-state index in [4.69, 9.17) is 99.7 Å². The van der Waals surface area contributed by atoms with Gasteiger partial charge in [0, 0.05) is 117 Å². The van der Waals surface area contributed by atoms with Crippen LogP contribution in [0.1, 0.15) is 167 Å². The van der Waals surface area contributed by atoms with Crippen LogP contribution in [0.15, 0.2) is 79.8 Å². The number of unbranched alkanes of at least 4 members (excludes halogenated alkanes) is 5. The molecule has 29 nitrogen and oxygen atoms in total.